The molecule has 0 spiro atoms. The molecule has 0 radical (unpaired) electrons. The second-order valence-corrected chi connectivity index (χ2v) is 6.60. The normalized spacial score (nSPS) is 21.6. The third kappa shape index (κ3) is 3.20. The largest absolute Gasteiger partial charge is 0.381 e. The van der Waals surface area contributed by atoms with Crippen LogP contribution < -0.4 is 5.32 Å². The zero-order chi connectivity index (χ0) is 12.5. The van der Waals surface area contributed by atoms with Crippen molar-refractivity contribution in [3.05, 3.63) is 29.8 Å². The number of nitrogens with one attached hydrogen (secondary N) is 1. The molecule has 1 fully saturated rings. The lowest BCUT2D eigenvalue weighted by molar-refractivity contribution is 0.480. The molecule has 1 aliphatic rings. The first-order valence-electron chi connectivity index (χ1n) is 5.73. The number of rotatable bonds is 3. The van der Waals surface area contributed by atoms with Gasteiger partial charge in [-0.2, -0.15) is 0 Å². The fourth-order valence-corrected chi connectivity index (χ4v) is 3.01. The summed E-state index contributed by atoms with van der Waals surface area (Å²) in [5.41, 5.74) is 2.26. The standard InChI is InChI=1S/C12H18N2O2S/c1-10-4-3-5-11(8-10)13-12-6-7-14(9-12)17(2,15)16/h3-5,8,12-13H,6-7,9H2,1-2H3/t12-/m1/s1. The maximum absolute atomic E-state index is 11.4. The number of hydrogen-bond donors (Lipinski definition) is 1. The van der Waals surface area contributed by atoms with Crippen LogP contribution in [0.1, 0.15) is 12.0 Å². The Morgan fingerprint density at radius 3 is 2.76 bits per heavy atom. The van der Waals surface area contributed by atoms with Gasteiger partial charge in [0.1, 0.15) is 0 Å². The van der Waals surface area contributed by atoms with Gasteiger partial charge in [0.15, 0.2) is 0 Å². The van der Waals surface area contributed by atoms with Gasteiger partial charge in [-0.25, -0.2) is 12.7 Å². The lowest BCUT2D eigenvalue weighted by Crippen LogP contribution is -2.30. The van der Waals surface area contributed by atoms with E-state index in [0.717, 1.165) is 12.1 Å². The predicted octanol–water partition coefficient (Wildman–Crippen LogP) is 1.44. The highest BCUT2D eigenvalue weighted by atomic mass is 32.2. The fourth-order valence-electron chi connectivity index (χ4n) is 2.12. The molecule has 0 amide bonds. The zero-order valence-corrected chi connectivity index (χ0v) is 11.0. The van der Waals surface area contributed by atoms with Crippen molar-refractivity contribution in [2.24, 2.45) is 0 Å². The SMILES string of the molecule is Cc1cccc(N[C@@H]2CCN(S(C)(=O)=O)C2)c1. The van der Waals surface area contributed by atoms with E-state index in [1.165, 1.54) is 16.1 Å². The van der Waals surface area contributed by atoms with Crippen molar-refractivity contribution in [3.63, 3.8) is 0 Å². The molecule has 0 unspecified atom stereocenters. The Hall–Kier alpha value is -1.07. The lowest BCUT2D eigenvalue weighted by Gasteiger charge is -2.15. The molecule has 1 heterocycles. The molecule has 1 aromatic carbocycles. The molecule has 17 heavy (non-hydrogen) atoms. The smallest absolute Gasteiger partial charge is 0.211 e. The molecular weight excluding hydrogens is 236 g/mol. The number of anilines is 1. The van der Waals surface area contributed by atoms with Crippen molar-refractivity contribution in [3.8, 4) is 0 Å². The minimum atomic E-state index is -3.04. The van der Waals surface area contributed by atoms with Gasteiger partial charge in [-0.15, -0.1) is 0 Å². The minimum absolute atomic E-state index is 0.214. The van der Waals surface area contributed by atoms with Crippen molar-refractivity contribution in [2.45, 2.75) is 19.4 Å². The minimum Gasteiger partial charge on any atom is -0.381 e. The van der Waals surface area contributed by atoms with Gasteiger partial charge in [0, 0.05) is 24.8 Å². The average molecular weight is 254 g/mol. The highest BCUT2D eigenvalue weighted by Gasteiger charge is 2.28. The number of hydrogen-bond acceptors (Lipinski definition) is 3. The van der Waals surface area contributed by atoms with E-state index in [1.54, 1.807) is 0 Å². The maximum atomic E-state index is 11.4. The zero-order valence-electron chi connectivity index (χ0n) is 10.2. The first-order chi connectivity index (χ1) is 7.95. The highest BCUT2D eigenvalue weighted by Crippen LogP contribution is 2.18. The summed E-state index contributed by atoms with van der Waals surface area (Å²) in [6.45, 7) is 3.22. The average Bonchev–Trinajstić information content (AvgIpc) is 2.65. The van der Waals surface area contributed by atoms with Crippen molar-refractivity contribution < 1.29 is 8.42 Å². The molecular formula is C12H18N2O2S. The Bertz CT molecular complexity index is 499. The van der Waals surface area contributed by atoms with Gasteiger partial charge in [0.05, 0.1) is 6.26 Å². The Morgan fingerprint density at radius 2 is 2.18 bits per heavy atom. The highest BCUT2D eigenvalue weighted by molar-refractivity contribution is 7.88. The number of sulfonamides is 1. The fraction of sp³-hybridized carbons (Fsp3) is 0.500. The van der Waals surface area contributed by atoms with Crippen molar-refractivity contribution >= 4 is 15.7 Å². The quantitative estimate of drug-likeness (QED) is 0.888. The number of aryl methyl sites for hydroxylation is 1. The Labute approximate surface area is 103 Å². The summed E-state index contributed by atoms with van der Waals surface area (Å²) in [5, 5.41) is 3.38. The second-order valence-electron chi connectivity index (χ2n) is 4.62. The topological polar surface area (TPSA) is 49.4 Å². The van der Waals surface area contributed by atoms with E-state index in [0.29, 0.717) is 13.1 Å². The van der Waals surface area contributed by atoms with E-state index in [-0.39, 0.29) is 6.04 Å². The summed E-state index contributed by atoms with van der Waals surface area (Å²) >= 11 is 0. The van der Waals surface area contributed by atoms with Gasteiger partial charge in [-0.05, 0) is 31.0 Å². The van der Waals surface area contributed by atoms with E-state index in [4.69, 9.17) is 0 Å². The van der Waals surface area contributed by atoms with Crippen LogP contribution in [0.5, 0.6) is 0 Å². The lowest BCUT2D eigenvalue weighted by atomic mass is 10.2. The maximum Gasteiger partial charge on any atom is 0.211 e. The van der Waals surface area contributed by atoms with Crippen LogP contribution >= 0.6 is 0 Å². The first-order valence-corrected chi connectivity index (χ1v) is 7.58. The first kappa shape index (κ1) is 12.4. The predicted molar refractivity (Wildman–Crippen MR) is 69.6 cm³/mol. The third-order valence-corrected chi connectivity index (χ3v) is 4.28. The molecule has 1 aliphatic heterocycles. The molecule has 0 aliphatic carbocycles. The van der Waals surface area contributed by atoms with Crippen LogP contribution in [0.2, 0.25) is 0 Å². The number of benzene rings is 1. The van der Waals surface area contributed by atoms with E-state index in [1.807, 2.05) is 25.1 Å². The van der Waals surface area contributed by atoms with Gasteiger partial charge in [-0.1, -0.05) is 12.1 Å². The summed E-state index contributed by atoms with van der Waals surface area (Å²) in [4.78, 5) is 0. The van der Waals surface area contributed by atoms with Crippen molar-refractivity contribution in [2.75, 3.05) is 24.7 Å². The second kappa shape index (κ2) is 4.66. The van der Waals surface area contributed by atoms with Crippen LogP contribution in [0.3, 0.4) is 0 Å². The molecule has 4 nitrogen and oxygen atoms in total. The Balaban J connectivity index is 1.99. The summed E-state index contributed by atoms with van der Waals surface area (Å²) in [7, 11) is -3.04. The van der Waals surface area contributed by atoms with Crippen LogP contribution in [0.25, 0.3) is 0 Å². The Kier molecular flexibility index (Phi) is 3.40. The molecule has 2 rings (SSSR count). The Morgan fingerprint density at radius 1 is 1.41 bits per heavy atom. The van der Waals surface area contributed by atoms with Gasteiger partial charge in [-0.3, -0.25) is 0 Å². The molecule has 1 N–H and O–H groups in total. The molecule has 1 saturated heterocycles. The monoisotopic (exact) mass is 254 g/mol. The summed E-state index contributed by atoms with van der Waals surface area (Å²) in [6, 6.07) is 8.34. The van der Waals surface area contributed by atoms with Crippen LogP contribution in [-0.4, -0.2) is 38.1 Å². The van der Waals surface area contributed by atoms with E-state index < -0.39 is 10.0 Å². The summed E-state index contributed by atoms with van der Waals surface area (Å²) in [5.74, 6) is 0. The van der Waals surface area contributed by atoms with Crippen LogP contribution in [0, 0.1) is 6.92 Å². The summed E-state index contributed by atoms with van der Waals surface area (Å²) < 4.78 is 24.3. The molecule has 1 aromatic rings. The van der Waals surface area contributed by atoms with Crippen LogP contribution in [0.4, 0.5) is 5.69 Å². The van der Waals surface area contributed by atoms with Crippen molar-refractivity contribution in [1.29, 1.82) is 0 Å². The third-order valence-electron chi connectivity index (χ3n) is 3.01. The van der Waals surface area contributed by atoms with Gasteiger partial charge in [0.2, 0.25) is 10.0 Å². The number of nitrogens with zero attached hydrogens (tertiary/aromatic N) is 1. The molecule has 1 atom stereocenters. The van der Waals surface area contributed by atoms with E-state index >= 15 is 0 Å². The summed E-state index contributed by atoms with van der Waals surface area (Å²) in [6.07, 6.45) is 2.13. The van der Waals surface area contributed by atoms with Gasteiger partial charge < -0.3 is 5.32 Å². The molecule has 0 aromatic heterocycles. The van der Waals surface area contributed by atoms with Crippen molar-refractivity contribution in [1.82, 2.24) is 4.31 Å². The van der Waals surface area contributed by atoms with Gasteiger partial charge >= 0.3 is 0 Å². The van der Waals surface area contributed by atoms with Crippen LogP contribution in [-0.2, 0) is 10.0 Å². The van der Waals surface area contributed by atoms with E-state index in [2.05, 4.69) is 11.4 Å². The van der Waals surface area contributed by atoms with E-state index in [9.17, 15) is 8.42 Å². The molecule has 0 bridgehead atoms. The van der Waals surface area contributed by atoms with Gasteiger partial charge in [0.25, 0.3) is 0 Å². The van der Waals surface area contributed by atoms with Crippen LogP contribution in [0.15, 0.2) is 24.3 Å². The molecule has 0 saturated carbocycles. The molecule has 94 valence electrons. The molecule has 5 heteroatoms.